The van der Waals surface area contributed by atoms with Crippen molar-refractivity contribution in [2.45, 2.75) is 4.90 Å². The summed E-state index contributed by atoms with van der Waals surface area (Å²) in [7, 11) is -3.92. The molecule has 0 saturated carbocycles. The van der Waals surface area contributed by atoms with E-state index in [4.69, 9.17) is 11.6 Å². The zero-order valence-corrected chi connectivity index (χ0v) is 13.4. The molecule has 0 fully saturated rings. The monoisotopic (exact) mass is 390 g/mol. The van der Waals surface area contributed by atoms with Crippen LogP contribution in [0.2, 0.25) is 5.02 Å². The van der Waals surface area contributed by atoms with Crippen LogP contribution in [0.25, 0.3) is 0 Å². The second-order valence-electron chi connectivity index (χ2n) is 3.98. The number of benzene rings is 2. The molecule has 0 radical (unpaired) electrons. The van der Waals surface area contributed by atoms with Crippen molar-refractivity contribution in [2.24, 2.45) is 0 Å². The highest BCUT2D eigenvalue weighted by Crippen LogP contribution is 2.29. The highest BCUT2D eigenvalue weighted by molar-refractivity contribution is 9.10. The molecule has 0 aliphatic carbocycles. The van der Waals surface area contributed by atoms with E-state index in [0.717, 1.165) is 10.5 Å². The highest BCUT2D eigenvalue weighted by Gasteiger charge is 2.21. The standard InChI is InChI=1S/C12H8BrClN2O4S/c13-8-1-4-10(5-2-8)21(19,20)15-11-6-3-9(14)7-12(11)16(17)18/h1-7,15H. The lowest BCUT2D eigenvalue weighted by Gasteiger charge is -2.08. The second-order valence-corrected chi connectivity index (χ2v) is 7.01. The van der Waals surface area contributed by atoms with Gasteiger partial charge in [-0.05, 0) is 36.4 Å². The third-order valence-electron chi connectivity index (χ3n) is 2.52. The Morgan fingerprint density at radius 2 is 1.76 bits per heavy atom. The van der Waals surface area contributed by atoms with Gasteiger partial charge in [0.1, 0.15) is 5.69 Å². The maximum absolute atomic E-state index is 12.2. The van der Waals surface area contributed by atoms with Crippen molar-refractivity contribution in [3.05, 3.63) is 62.1 Å². The number of nitrogens with one attached hydrogen (secondary N) is 1. The van der Waals surface area contributed by atoms with Crippen molar-refractivity contribution < 1.29 is 13.3 Å². The molecule has 0 heterocycles. The Balaban J connectivity index is 2.41. The molecule has 0 aliphatic rings. The topological polar surface area (TPSA) is 89.3 Å². The summed E-state index contributed by atoms with van der Waals surface area (Å²) < 4.78 is 27.3. The Morgan fingerprint density at radius 1 is 1.14 bits per heavy atom. The van der Waals surface area contributed by atoms with Crippen molar-refractivity contribution in [3.63, 3.8) is 0 Å². The first-order valence-corrected chi connectivity index (χ1v) is 8.17. The zero-order valence-electron chi connectivity index (χ0n) is 10.3. The molecule has 2 rings (SSSR count). The molecule has 9 heteroatoms. The fourth-order valence-corrected chi connectivity index (χ4v) is 3.06. The van der Waals surface area contributed by atoms with Crippen LogP contribution in [0.1, 0.15) is 0 Å². The first kappa shape index (κ1) is 15.7. The van der Waals surface area contributed by atoms with Crippen LogP contribution in [0.15, 0.2) is 51.8 Å². The summed E-state index contributed by atoms with van der Waals surface area (Å²) in [6.07, 6.45) is 0. The molecule has 0 aliphatic heterocycles. The molecular weight excluding hydrogens is 384 g/mol. The minimum Gasteiger partial charge on any atom is -0.273 e. The molecule has 0 aromatic heterocycles. The van der Waals surface area contributed by atoms with Crippen molar-refractivity contribution >= 4 is 48.9 Å². The number of sulfonamides is 1. The van der Waals surface area contributed by atoms with Crippen molar-refractivity contribution in [1.29, 1.82) is 0 Å². The summed E-state index contributed by atoms with van der Waals surface area (Å²) in [5, 5.41) is 11.1. The van der Waals surface area contributed by atoms with E-state index in [-0.39, 0.29) is 15.6 Å². The predicted octanol–water partition coefficient (Wildman–Crippen LogP) is 3.81. The molecule has 0 unspecified atom stereocenters. The average Bonchev–Trinajstić information content (AvgIpc) is 2.41. The van der Waals surface area contributed by atoms with E-state index in [2.05, 4.69) is 20.7 Å². The van der Waals surface area contributed by atoms with Crippen LogP contribution in [0.4, 0.5) is 11.4 Å². The van der Waals surface area contributed by atoms with Crippen LogP contribution in [-0.4, -0.2) is 13.3 Å². The van der Waals surface area contributed by atoms with Gasteiger partial charge in [0, 0.05) is 15.6 Å². The Hall–Kier alpha value is -1.64. The summed E-state index contributed by atoms with van der Waals surface area (Å²) in [5.41, 5.74) is -0.560. The molecule has 6 nitrogen and oxygen atoms in total. The van der Waals surface area contributed by atoms with E-state index in [9.17, 15) is 18.5 Å². The molecule has 1 N–H and O–H groups in total. The van der Waals surface area contributed by atoms with E-state index in [1.54, 1.807) is 12.1 Å². The number of nitro groups is 1. The van der Waals surface area contributed by atoms with Crippen LogP contribution in [0.3, 0.4) is 0 Å². The smallest absolute Gasteiger partial charge is 0.273 e. The first-order valence-electron chi connectivity index (χ1n) is 5.52. The molecule has 2 aromatic carbocycles. The highest BCUT2D eigenvalue weighted by atomic mass is 79.9. The van der Waals surface area contributed by atoms with Gasteiger partial charge in [-0.3, -0.25) is 14.8 Å². The number of halogens is 2. The maximum atomic E-state index is 12.2. The minimum atomic E-state index is -3.92. The van der Waals surface area contributed by atoms with Crippen LogP contribution in [-0.2, 0) is 10.0 Å². The Kier molecular flexibility index (Phi) is 4.50. The number of nitro benzene ring substituents is 1. The van der Waals surface area contributed by atoms with E-state index < -0.39 is 20.6 Å². The number of hydrogen-bond acceptors (Lipinski definition) is 4. The number of anilines is 1. The molecule has 0 amide bonds. The third kappa shape index (κ3) is 3.72. The zero-order chi connectivity index (χ0) is 15.6. The summed E-state index contributed by atoms with van der Waals surface area (Å²) in [6.45, 7) is 0. The first-order chi connectivity index (χ1) is 9.79. The van der Waals surface area contributed by atoms with Gasteiger partial charge in [-0.2, -0.15) is 0 Å². The lowest BCUT2D eigenvalue weighted by molar-refractivity contribution is -0.383. The van der Waals surface area contributed by atoms with Gasteiger partial charge in [0.05, 0.1) is 9.82 Å². The van der Waals surface area contributed by atoms with Gasteiger partial charge in [0.15, 0.2) is 0 Å². The molecule has 21 heavy (non-hydrogen) atoms. The van der Waals surface area contributed by atoms with Gasteiger partial charge in [0.25, 0.3) is 15.7 Å². The fraction of sp³-hybridized carbons (Fsp3) is 0. The summed E-state index contributed by atoms with van der Waals surface area (Å²) >= 11 is 8.88. The minimum absolute atomic E-state index is 0.00468. The average molecular weight is 392 g/mol. The van der Waals surface area contributed by atoms with Gasteiger partial charge in [0.2, 0.25) is 0 Å². The van der Waals surface area contributed by atoms with Crippen LogP contribution in [0.5, 0.6) is 0 Å². The van der Waals surface area contributed by atoms with Crippen molar-refractivity contribution in [2.75, 3.05) is 4.72 Å². The van der Waals surface area contributed by atoms with Crippen molar-refractivity contribution in [1.82, 2.24) is 0 Å². The Morgan fingerprint density at radius 3 is 2.33 bits per heavy atom. The number of nitrogens with zero attached hydrogens (tertiary/aromatic N) is 1. The van der Waals surface area contributed by atoms with E-state index in [1.165, 1.54) is 24.3 Å². The second kappa shape index (κ2) is 6.00. The third-order valence-corrected chi connectivity index (χ3v) is 4.67. The normalized spacial score (nSPS) is 11.1. The quantitative estimate of drug-likeness (QED) is 0.634. The molecular formula is C12H8BrClN2O4S. The molecule has 2 aromatic rings. The van der Waals surface area contributed by atoms with E-state index in [0.29, 0.717) is 0 Å². The Bertz CT molecular complexity index is 793. The van der Waals surface area contributed by atoms with E-state index >= 15 is 0 Å². The molecule has 0 spiro atoms. The van der Waals surface area contributed by atoms with Gasteiger partial charge >= 0.3 is 0 Å². The lowest BCUT2D eigenvalue weighted by atomic mass is 10.3. The molecule has 0 saturated heterocycles. The number of rotatable bonds is 4. The fourth-order valence-electron chi connectivity index (χ4n) is 1.56. The van der Waals surface area contributed by atoms with Crippen LogP contribution >= 0.6 is 27.5 Å². The molecule has 0 atom stereocenters. The van der Waals surface area contributed by atoms with Gasteiger partial charge in [-0.25, -0.2) is 8.42 Å². The molecule has 110 valence electrons. The van der Waals surface area contributed by atoms with Gasteiger partial charge in [-0.15, -0.1) is 0 Å². The predicted molar refractivity (Wildman–Crippen MR) is 83.1 cm³/mol. The van der Waals surface area contributed by atoms with Crippen LogP contribution < -0.4 is 4.72 Å². The molecule has 0 bridgehead atoms. The maximum Gasteiger partial charge on any atom is 0.294 e. The summed E-state index contributed by atoms with van der Waals surface area (Å²) in [5.74, 6) is 0. The summed E-state index contributed by atoms with van der Waals surface area (Å²) in [4.78, 5) is 10.2. The SMILES string of the molecule is O=[N+]([O-])c1cc(Cl)ccc1NS(=O)(=O)c1ccc(Br)cc1. The van der Waals surface area contributed by atoms with Gasteiger partial charge < -0.3 is 0 Å². The lowest BCUT2D eigenvalue weighted by Crippen LogP contribution is -2.14. The van der Waals surface area contributed by atoms with Gasteiger partial charge in [-0.1, -0.05) is 27.5 Å². The summed E-state index contributed by atoms with van der Waals surface area (Å²) in [6, 6.07) is 9.59. The van der Waals surface area contributed by atoms with Crippen LogP contribution in [0, 0.1) is 10.1 Å². The Labute approximate surface area is 134 Å². The largest absolute Gasteiger partial charge is 0.294 e. The van der Waals surface area contributed by atoms with E-state index in [1.807, 2.05) is 0 Å². The van der Waals surface area contributed by atoms with Crippen molar-refractivity contribution in [3.8, 4) is 0 Å². The number of hydrogen-bond donors (Lipinski definition) is 1.